The van der Waals surface area contributed by atoms with E-state index in [0.717, 1.165) is 18.0 Å². The average Bonchev–Trinajstić information content (AvgIpc) is 2.89. The summed E-state index contributed by atoms with van der Waals surface area (Å²) in [5.41, 5.74) is 1.12. The molecule has 2 rings (SSSR count). The molecule has 0 aromatic carbocycles. The lowest BCUT2D eigenvalue weighted by molar-refractivity contribution is 0.159. The first kappa shape index (κ1) is 10.1. The highest BCUT2D eigenvalue weighted by Crippen LogP contribution is 2.41. The summed E-state index contributed by atoms with van der Waals surface area (Å²) < 4.78 is 0. The van der Waals surface area contributed by atoms with Crippen molar-refractivity contribution in [3.63, 3.8) is 0 Å². The molecule has 1 aromatic rings. The number of thiazole rings is 1. The van der Waals surface area contributed by atoms with E-state index in [-0.39, 0.29) is 12.0 Å². The van der Waals surface area contributed by atoms with E-state index in [2.05, 4.69) is 24.2 Å². The fourth-order valence-electron chi connectivity index (χ4n) is 1.47. The minimum Gasteiger partial charge on any atom is -0.396 e. The number of hydrogen-bond donors (Lipinski definition) is 1. The van der Waals surface area contributed by atoms with Crippen LogP contribution in [0.3, 0.4) is 0 Å². The number of rotatable bonds is 4. The van der Waals surface area contributed by atoms with Gasteiger partial charge in [-0.2, -0.15) is 0 Å². The molecule has 1 aliphatic carbocycles. The van der Waals surface area contributed by atoms with E-state index < -0.39 is 0 Å². The predicted molar refractivity (Wildman–Crippen MR) is 58.7 cm³/mol. The minimum absolute atomic E-state index is 0.0328. The number of aliphatic hydroxyl groups is 1. The summed E-state index contributed by atoms with van der Waals surface area (Å²) in [7, 11) is 0. The van der Waals surface area contributed by atoms with Gasteiger partial charge in [-0.05, 0) is 24.7 Å². The Morgan fingerprint density at radius 2 is 2.29 bits per heavy atom. The zero-order chi connectivity index (χ0) is 10.2. The molecule has 1 aromatic heterocycles. The molecule has 0 saturated heterocycles. The molecule has 3 heteroatoms. The number of nitrogens with zero attached hydrogens (tertiary/aromatic N) is 1. The first-order valence-corrected chi connectivity index (χ1v) is 6.04. The van der Waals surface area contributed by atoms with Crippen molar-refractivity contribution in [3.8, 4) is 0 Å². The number of aromatic nitrogens is 1. The zero-order valence-electron chi connectivity index (χ0n) is 8.79. The van der Waals surface area contributed by atoms with E-state index in [9.17, 15) is 0 Å². The summed E-state index contributed by atoms with van der Waals surface area (Å²) in [6.07, 6.45) is 3.51. The lowest BCUT2D eigenvalue weighted by atomic mass is 9.89. The van der Waals surface area contributed by atoms with Gasteiger partial charge in [-0.15, -0.1) is 11.3 Å². The van der Waals surface area contributed by atoms with Crippen molar-refractivity contribution in [2.75, 3.05) is 6.61 Å². The quantitative estimate of drug-likeness (QED) is 0.830. The molecule has 0 amide bonds. The van der Waals surface area contributed by atoms with Gasteiger partial charge in [0.2, 0.25) is 0 Å². The second-order valence-electron chi connectivity index (χ2n) is 4.95. The molecule has 0 spiro atoms. The zero-order valence-corrected chi connectivity index (χ0v) is 9.60. The standard InChI is InChI=1S/C11H17NOS/c1-11(2,7-13)5-9-6-14-10(12-9)8-3-4-8/h6,8,13H,3-5,7H2,1-2H3. The third-order valence-corrected chi connectivity index (χ3v) is 3.64. The molecule has 0 bridgehead atoms. The highest BCUT2D eigenvalue weighted by atomic mass is 32.1. The molecule has 0 radical (unpaired) electrons. The summed E-state index contributed by atoms with van der Waals surface area (Å²) in [6, 6.07) is 0. The second kappa shape index (κ2) is 3.63. The normalized spacial score (nSPS) is 17.4. The largest absolute Gasteiger partial charge is 0.396 e. The van der Waals surface area contributed by atoms with Crippen molar-refractivity contribution >= 4 is 11.3 Å². The number of hydrogen-bond acceptors (Lipinski definition) is 3. The third kappa shape index (κ3) is 2.34. The minimum atomic E-state index is -0.0328. The maximum atomic E-state index is 9.16. The van der Waals surface area contributed by atoms with E-state index >= 15 is 0 Å². The topological polar surface area (TPSA) is 33.1 Å². The Kier molecular flexibility index (Phi) is 2.62. The van der Waals surface area contributed by atoms with Crippen LogP contribution in [-0.4, -0.2) is 16.7 Å². The lowest BCUT2D eigenvalue weighted by Crippen LogP contribution is -2.19. The van der Waals surface area contributed by atoms with Gasteiger partial charge in [-0.3, -0.25) is 0 Å². The summed E-state index contributed by atoms with van der Waals surface area (Å²) in [4.78, 5) is 4.61. The Balaban J connectivity index is 2.02. The summed E-state index contributed by atoms with van der Waals surface area (Å²) in [6.45, 7) is 4.37. The van der Waals surface area contributed by atoms with Crippen molar-refractivity contribution in [2.45, 2.75) is 39.0 Å². The van der Waals surface area contributed by atoms with Crippen LogP contribution in [-0.2, 0) is 6.42 Å². The highest BCUT2D eigenvalue weighted by Gasteiger charge is 2.27. The molecule has 1 N–H and O–H groups in total. The Hall–Kier alpha value is -0.410. The van der Waals surface area contributed by atoms with Gasteiger partial charge < -0.3 is 5.11 Å². The molecule has 1 saturated carbocycles. The Labute approximate surface area is 89.0 Å². The Morgan fingerprint density at radius 3 is 2.86 bits per heavy atom. The van der Waals surface area contributed by atoms with Gasteiger partial charge in [-0.1, -0.05) is 13.8 Å². The van der Waals surface area contributed by atoms with Gasteiger partial charge in [0.05, 0.1) is 10.7 Å². The summed E-state index contributed by atoms with van der Waals surface area (Å²) >= 11 is 1.78. The van der Waals surface area contributed by atoms with Gasteiger partial charge in [-0.25, -0.2) is 4.98 Å². The van der Waals surface area contributed by atoms with Crippen LogP contribution < -0.4 is 0 Å². The maximum absolute atomic E-state index is 9.16. The molecular formula is C11H17NOS. The van der Waals surface area contributed by atoms with Gasteiger partial charge in [0.1, 0.15) is 0 Å². The van der Waals surface area contributed by atoms with Crippen LogP contribution in [0.25, 0.3) is 0 Å². The predicted octanol–water partition coefficient (Wildman–Crippen LogP) is 2.58. The molecule has 1 heterocycles. The molecular weight excluding hydrogens is 194 g/mol. The third-order valence-electron chi connectivity index (χ3n) is 2.58. The molecule has 78 valence electrons. The Bertz CT molecular complexity index is 315. The lowest BCUT2D eigenvalue weighted by Gasteiger charge is -2.19. The van der Waals surface area contributed by atoms with E-state index in [0.29, 0.717) is 0 Å². The molecule has 2 nitrogen and oxygen atoms in total. The van der Waals surface area contributed by atoms with Crippen LogP contribution in [0.2, 0.25) is 0 Å². The smallest absolute Gasteiger partial charge is 0.0959 e. The van der Waals surface area contributed by atoms with E-state index in [1.54, 1.807) is 11.3 Å². The van der Waals surface area contributed by atoms with Crippen molar-refractivity contribution < 1.29 is 5.11 Å². The summed E-state index contributed by atoms with van der Waals surface area (Å²) in [5.74, 6) is 0.756. The van der Waals surface area contributed by atoms with Gasteiger partial charge in [0.25, 0.3) is 0 Å². The summed E-state index contributed by atoms with van der Waals surface area (Å²) in [5, 5.41) is 12.6. The first-order chi connectivity index (χ1) is 6.61. The molecule has 14 heavy (non-hydrogen) atoms. The second-order valence-corrected chi connectivity index (χ2v) is 5.84. The van der Waals surface area contributed by atoms with Crippen molar-refractivity contribution in [2.24, 2.45) is 5.41 Å². The van der Waals surface area contributed by atoms with Crippen LogP contribution in [0.1, 0.15) is 43.3 Å². The molecule has 1 aliphatic rings. The molecule has 1 fully saturated rings. The van der Waals surface area contributed by atoms with Gasteiger partial charge in [0, 0.05) is 17.9 Å². The molecule has 0 aliphatic heterocycles. The van der Waals surface area contributed by atoms with Crippen LogP contribution in [0, 0.1) is 5.41 Å². The van der Waals surface area contributed by atoms with Crippen molar-refractivity contribution in [1.82, 2.24) is 4.98 Å². The Morgan fingerprint density at radius 1 is 1.57 bits per heavy atom. The maximum Gasteiger partial charge on any atom is 0.0959 e. The van der Waals surface area contributed by atoms with Crippen molar-refractivity contribution in [3.05, 3.63) is 16.1 Å². The average molecular weight is 211 g/mol. The fourth-order valence-corrected chi connectivity index (χ4v) is 2.46. The van der Waals surface area contributed by atoms with Crippen LogP contribution in [0.4, 0.5) is 0 Å². The molecule has 0 unspecified atom stereocenters. The SMILES string of the molecule is CC(C)(CO)Cc1csc(C2CC2)n1. The molecule has 0 atom stereocenters. The van der Waals surface area contributed by atoms with Gasteiger partial charge >= 0.3 is 0 Å². The van der Waals surface area contributed by atoms with Crippen LogP contribution in [0.5, 0.6) is 0 Å². The van der Waals surface area contributed by atoms with Crippen LogP contribution in [0.15, 0.2) is 5.38 Å². The number of aliphatic hydroxyl groups excluding tert-OH is 1. The van der Waals surface area contributed by atoms with E-state index in [1.807, 2.05) is 0 Å². The monoisotopic (exact) mass is 211 g/mol. The van der Waals surface area contributed by atoms with Crippen molar-refractivity contribution in [1.29, 1.82) is 0 Å². The van der Waals surface area contributed by atoms with Gasteiger partial charge in [0.15, 0.2) is 0 Å². The van der Waals surface area contributed by atoms with E-state index in [1.165, 1.54) is 17.8 Å². The highest BCUT2D eigenvalue weighted by molar-refractivity contribution is 7.09. The van der Waals surface area contributed by atoms with E-state index in [4.69, 9.17) is 5.11 Å². The first-order valence-electron chi connectivity index (χ1n) is 5.16. The van der Waals surface area contributed by atoms with Crippen LogP contribution >= 0.6 is 11.3 Å². The fraction of sp³-hybridized carbons (Fsp3) is 0.727.